The highest BCUT2D eigenvalue weighted by Gasteiger charge is 2.18. The maximum absolute atomic E-state index is 13.2. The van der Waals surface area contributed by atoms with Crippen LogP contribution in [0.5, 0.6) is 5.75 Å². The number of hydrogen-bond donors (Lipinski definition) is 1. The Kier molecular flexibility index (Phi) is 4.64. The van der Waals surface area contributed by atoms with Gasteiger partial charge in [-0.05, 0) is 25.1 Å². The van der Waals surface area contributed by atoms with Crippen molar-refractivity contribution in [3.05, 3.63) is 45.7 Å². The van der Waals surface area contributed by atoms with E-state index < -0.39 is 6.10 Å². The molecule has 1 aromatic carbocycles. The van der Waals surface area contributed by atoms with Gasteiger partial charge in [-0.3, -0.25) is 0 Å². The number of aliphatic hydroxyl groups is 1. The van der Waals surface area contributed by atoms with E-state index in [1.807, 2.05) is 5.38 Å². The smallest absolute Gasteiger partial charge is 0.140 e. The maximum Gasteiger partial charge on any atom is 0.140 e. The van der Waals surface area contributed by atoms with Crippen LogP contribution < -0.4 is 4.74 Å². The van der Waals surface area contributed by atoms with E-state index in [-0.39, 0.29) is 11.2 Å². The standard InChI is InChI=1S/C16H20FNO2S/c1-10(19)12-7-11(17)5-6-13(12)20-8-15-18-14(9-21-15)16(2,3)4/h5-7,9-10,19H,8H2,1-4H3. The van der Waals surface area contributed by atoms with Crippen LogP contribution in [0.25, 0.3) is 0 Å². The van der Waals surface area contributed by atoms with Gasteiger partial charge in [-0.1, -0.05) is 20.8 Å². The van der Waals surface area contributed by atoms with Crippen molar-refractivity contribution in [1.82, 2.24) is 4.98 Å². The molecule has 5 heteroatoms. The van der Waals surface area contributed by atoms with E-state index in [2.05, 4.69) is 25.8 Å². The fourth-order valence-corrected chi connectivity index (χ4v) is 2.77. The normalized spacial score (nSPS) is 13.2. The summed E-state index contributed by atoms with van der Waals surface area (Å²) in [5.41, 5.74) is 1.48. The van der Waals surface area contributed by atoms with Gasteiger partial charge < -0.3 is 9.84 Å². The van der Waals surface area contributed by atoms with Gasteiger partial charge >= 0.3 is 0 Å². The van der Waals surface area contributed by atoms with E-state index in [0.29, 0.717) is 17.9 Å². The monoisotopic (exact) mass is 309 g/mol. The third-order valence-corrected chi connectivity index (χ3v) is 3.92. The molecule has 21 heavy (non-hydrogen) atoms. The molecule has 3 nitrogen and oxygen atoms in total. The second-order valence-electron chi connectivity index (χ2n) is 6.02. The van der Waals surface area contributed by atoms with Crippen LogP contribution in [0.15, 0.2) is 23.6 Å². The van der Waals surface area contributed by atoms with Gasteiger partial charge in [0, 0.05) is 16.4 Å². The largest absolute Gasteiger partial charge is 0.486 e. The molecule has 1 atom stereocenters. The molecule has 1 aromatic heterocycles. The second-order valence-corrected chi connectivity index (χ2v) is 6.97. The fraction of sp³-hybridized carbons (Fsp3) is 0.438. The molecule has 0 bridgehead atoms. The van der Waals surface area contributed by atoms with Gasteiger partial charge in [0.25, 0.3) is 0 Å². The Labute approximate surface area is 128 Å². The Morgan fingerprint density at radius 2 is 2.10 bits per heavy atom. The van der Waals surface area contributed by atoms with Crippen LogP contribution in [0.1, 0.15) is 50.1 Å². The quantitative estimate of drug-likeness (QED) is 0.920. The molecule has 0 radical (unpaired) electrons. The number of aromatic nitrogens is 1. The lowest BCUT2D eigenvalue weighted by molar-refractivity contribution is 0.189. The van der Waals surface area contributed by atoms with Crippen LogP contribution in [-0.4, -0.2) is 10.1 Å². The Morgan fingerprint density at radius 1 is 1.38 bits per heavy atom. The highest BCUT2D eigenvalue weighted by atomic mass is 32.1. The first-order valence-corrected chi connectivity index (χ1v) is 7.70. The lowest BCUT2D eigenvalue weighted by Gasteiger charge is -2.14. The average Bonchev–Trinajstić information content (AvgIpc) is 2.85. The Hall–Kier alpha value is -1.46. The van der Waals surface area contributed by atoms with Crippen molar-refractivity contribution >= 4 is 11.3 Å². The zero-order valence-corrected chi connectivity index (χ0v) is 13.5. The molecule has 0 aliphatic heterocycles. The van der Waals surface area contributed by atoms with E-state index in [4.69, 9.17) is 4.74 Å². The molecule has 0 spiro atoms. The lowest BCUT2D eigenvalue weighted by atomic mass is 9.93. The van der Waals surface area contributed by atoms with Gasteiger partial charge in [-0.2, -0.15) is 0 Å². The molecule has 0 aliphatic carbocycles. The van der Waals surface area contributed by atoms with E-state index in [1.165, 1.54) is 18.2 Å². The minimum atomic E-state index is -0.780. The number of hydrogen-bond acceptors (Lipinski definition) is 4. The summed E-state index contributed by atoms with van der Waals surface area (Å²) in [5.74, 6) is 0.0985. The van der Waals surface area contributed by atoms with Gasteiger partial charge in [-0.15, -0.1) is 11.3 Å². The first-order chi connectivity index (χ1) is 9.77. The van der Waals surface area contributed by atoms with E-state index >= 15 is 0 Å². The molecule has 1 heterocycles. The summed E-state index contributed by atoms with van der Waals surface area (Å²) < 4.78 is 18.9. The zero-order valence-electron chi connectivity index (χ0n) is 12.7. The number of halogens is 1. The molecule has 1 N–H and O–H groups in total. The average molecular weight is 309 g/mol. The highest BCUT2D eigenvalue weighted by Crippen LogP contribution is 2.28. The number of thiazole rings is 1. The van der Waals surface area contributed by atoms with Gasteiger partial charge in [0.2, 0.25) is 0 Å². The summed E-state index contributed by atoms with van der Waals surface area (Å²) in [6.07, 6.45) is -0.780. The molecule has 2 rings (SSSR count). The minimum Gasteiger partial charge on any atom is -0.486 e. The molecule has 1 unspecified atom stereocenters. The predicted molar refractivity (Wildman–Crippen MR) is 82.2 cm³/mol. The third-order valence-electron chi connectivity index (χ3n) is 3.09. The van der Waals surface area contributed by atoms with E-state index in [9.17, 15) is 9.50 Å². The molecule has 0 fully saturated rings. The lowest BCUT2D eigenvalue weighted by Crippen LogP contribution is -2.11. The van der Waals surface area contributed by atoms with Crippen molar-refractivity contribution in [3.8, 4) is 5.75 Å². The molecule has 0 saturated carbocycles. The molecule has 0 amide bonds. The zero-order chi connectivity index (χ0) is 15.6. The Balaban J connectivity index is 2.12. The van der Waals surface area contributed by atoms with Crippen molar-refractivity contribution in [2.24, 2.45) is 0 Å². The van der Waals surface area contributed by atoms with Crippen molar-refractivity contribution in [2.75, 3.05) is 0 Å². The minimum absolute atomic E-state index is 0.00932. The van der Waals surface area contributed by atoms with Gasteiger partial charge in [-0.25, -0.2) is 9.37 Å². The molecule has 0 aliphatic rings. The van der Waals surface area contributed by atoms with Gasteiger partial charge in [0.05, 0.1) is 11.8 Å². The van der Waals surface area contributed by atoms with Crippen LogP contribution in [0.2, 0.25) is 0 Å². The summed E-state index contributed by atoms with van der Waals surface area (Å²) in [4.78, 5) is 4.55. The molecular formula is C16H20FNO2S. The number of nitrogens with zero attached hydrogens (tertiary/aromatic N) is 1. The van der Waals surface area contributed by atoms with Gasteiger partial charge in [0.15, 0.2) is 0 Å². The van der Waals surface area contributed by atoms with Gasteiger partial charge in [0.1, 0.15) is 23.2 Å². The van der Waals surface area contributed by atoms with Crippen LogP contribution in [0.3, 0.4) is 0 Å². The number of aliphatic hydroxyl groups excluding tert-OH is 1. The van der Waals surface area contributed by atoms with Crippen molar-refractivity contribution in [1.29, 1.82) is 0 Å². The summed E-state index contributed by atoms with van der Waals surface area (Å²) in [5, 5.41) is 12.6. The predicted octanol–water partition coefficient (Wildman–Crippen LogP) is 4.21. The highest BCUT2D eigenvalue weighted by molar-refractivity contribution is 7.09. The van der Waals surface area contributed by atoms with E-state index in [0.717, 1.165) is 10.7 Å². The maximum atomic E-state index is 13.2. The van der Waals surface area contributed by atoms with E-state index in [1.54, 1.807) is 18.3 Å². The molecular weight excluding hydrogens is 289 g/mol. The second kappa shape index (κ2) is 6.12. The summed E-state index contributed by atoms with van der Waals surface area (Å²) >= 11 is 1.54. The summed E-state index contributed by atoms with van der Waals surface area (Å²) in [6, 6.07) is 4.15. The third kappa shape index (κ3) is 4.02. The SMILES string of the molecule is CC(O)c1cc(F)ccc1OCc1nc(C(C)(C)C)cs1. The molecule has 2 aromatic rings. The first kappa shape index (κ1) is 15.9. The first-order valence-electron chi connectivity index (χ1n) is 6.82. The topological polar surface area (TPSA) is 42.4 Å². The van der Waals surface area contributed by atoms with Crippen LogP contribution >= 0.6 is 11.3 Å². The number of benzene rings is 1. The van der Waals surface area contributed by atoms with Crippen molar-refractivity contribution in [3.63, 3.8) is 0 Å². The van der Waals surface area contributed by atoms with Crippen molar-refractivity contribution in [2.45, 2.75) is 45.8 Å². The number of rotatable bonds is 4. The molecule has 0 saturated heterocycles. The van der Waals surface area contributed by atoms with Crippen LogP contribution in [0.4, 0.5) is 4.39 Å². The molecule has 114 valence electrons. The Bertz CT molecular complexity index is 617. The van der Waals surface area contributed by atoms with Crippen LogP contribution in [0, 0.1) is 5.82 Å². The Morgan fingerprint density at radius 3 is 2.67 bits per heavy atom. The summed E-state index contributed by atoms with van der Waals surface area (Å²) in [7, 11) is 0. The fourth-order valence-electron chi connectivity index (χ4n) is 1.84. The summed E-state index contributed by atoms with van der Waals surface area (Å²) in [6.45, 7) is 8.23. The van der Waals surface area contributed by atoms with Crippen molar-refractivity contribution < 1.29 is 14.2 Å². The van der Waals surface area contributed by atoms with Crippen LogP contribution in [-0.2, 0) is 12.0 Å². The number of ether oxygens (including phenoxy) is 1.